The molecule has 0 radical (unpaired) electrons. The van der Waals surface area contributed by atoms with E-state index in [1.54, 1.807) is 40.8 Å². The highest BCUT2D eigenvalue weighted by molar-refractivity contribution is 5.57. The summed E-state index contributed by atoms with van der Waals surface area (Å²) in [5.74, 6) is 1.43. The van der Waals surface area contributed by atoms with Crippen LogP contribution < -0.4 is 10.5 Å². The molecular weight excluding hydrogens is 396 g/mol. The van der Waals surface area contributed by atoms with Crippen molar-refractivity contribution in [2.75, 3.05) is 18.6 Å². The third-order valence-corrected chi connectivity index (χ3v) is 5.48. The molecule has 5 rings (SSSR count). The van der Waals surface area contributed by atoms with Crippen molar-refractivity contribution in [2.24, 2.45) is 0 Å². The van der Waals surface area contributed by atoms with Crippen molar-refractivity contribution in [3.63, 3.8) is 0 Å². The van der Waals surface area contributed by atoms with Crippen molar-refractivity contribution in [1.82, 2.24) is 34.3 Å². The normalized spacial score (nSPS) is 16.3. The van der Waals surface area contributed by atoms with Gasteiger partial charge in [-0.15, -0.1) is 0 Å². The number of methoxy groups -OCH3 is 1. The van der Waals surface area contributed by atoms with E-state index in [-0.39, 0.29) is 11.6 Å². The summed E-state index contributed by atoms with van der Waals surface area (Å²) in [7, 11) is 1.64. The number of ether oxygens (including phenoxy) is 1. The molecule has 4 aromatic rings. The lowest BCUT2D eigenvalue weighted by molar-refractivity contribution is 0.181. The molecule has 0 spiro atoms. The number of rotatable bonds is 6. The predicted octanol–water partition coefficient (Wildman–Crippen LogP) is 1.56. The molecule has 0 amide bonds. The van der Waals surface area contributed by atoms with E-state index in [2.05, 4.69) is 30.0 Å². The molecule has 0 aromatic carbocycles. The minimum absolute atomic E-state index is 0.100. The molecule has 1 aliphatic heterocycles. The van der Waals surface area contributed by atoms with Gasteiger partial charge in [0.25, 0.3) is 11.3 Å². The maximum absolute atomic E-state index is 12.6. The summed E-state index contributed by atoms with van der Waals surface area (Å²) in [4.78, 5) is 27.6. The first kappa shape index (κ1) is 19.3. The van der Waals surface area contributed by atoms with E-state index in [0.29, 0.717) is 18.9 Å². The van der Waals surface area contributed by atoms with Gasteiger partial charge in [-0.1, -0.05) is 0 Å². The smallest absolute Gasteiger partial charge is 0.266 e. The van der Waals surface area contributed by atoms with Crippen molar-refractivity contribution in [3.05, 3.63) is 65.1 Å². The van der Waals surface area contributed by atoms with Gasteiger partial charge in [-0.25, -0.2) is 9.67 Å². The molecule has 0 aliphatic carbocycles. The van der Waals surface area contributed by atoms with Crippen LogP contribution in [0.2, 0.25) is 0 Å². The van der Waals surface area contributed by atoms with E-state index in [0.717, 1.165) is 42.2 Å². The molecule has 1 saturated heterocycles. The number of hydrogen-bond donors (Lipinski definition) is 0. The Morgan fingerprint density at radius 2 is 2.06 bits per heavy atom. The average molecular weight is 418 g/mol. The topological polar surface area (TPSA) is 103 Å². The zero-order chi connectivity index (χ0) is 21.2. The third kappa shape index (κ3) is 3.77. The summed E-state index contributed by atoms with van der Waals surface area (Å²) in [5, 5.41) is 8.96. The van der Waals surface area contributed by atoms with Gasteiger partial charge in [0.1, 0.15) is 12.1 Å². The first-order chi connectivity index (χ1) is 15.2. The number of pyridine rings is 1. The molecular formula is C21H22N8O2. The van der Waals surface area contributed by atoms with Gasteiger partial charge in [0, 0.05) is 43.7 Å². The Morgan fingerprint density at radius 3 is 2.90 bits per heavy atom. The second-order valence-corrected chi connectivity index (χ2v) is 7.47. The van der Waals surface area contributed by atoms with E-state index in [1.165, 1.54) is 6.33 Å². The second-order valence-electron chi connectivity index (χ2n) is 7.47. The highest BCUT2D eigenvalue weighted by Crippen LogP contribution is 2.27. The fraction of sp³-hybridized carbons (Fsp3) is 0.333. The van der Waals surface area contributed by atoms with Gasteiger partial charge < -0.3 is 9.64 Å². The quantitative estimate of drug-likeness (QED) is 0.465. The second kappa shape index (κ2) is 8.23. The van der Waals surface area contributed by atoms with E-state index in [9.17, 15) is 4.79 Å². The van der Waals surface area contributed by atoms with Crippen LogP contribution in [-0.4, -0.2) is 54.0 Å². The molecule has 5 heterocycles. The predicted molar refractivity (Wildman–Crippen MR) is 114 cm³/mol. The van der Waals surface area contributed by atoms with E-state index in [4.69, 9.17) is 4.74 Å². The molecule has 1 aliphatic rings. The Bertz CT molecular complexity index is 1250. The van der Waals surface area contributed by atoms with Gasteiger partial charge in [0.05, 0.1) is 30.6 Å². The summed E-state index contributed by atoms with van der Waals surface area (Å²) in [6.07, 6.45) is 6.90. The van der Waals surface area contributed by atoms with Crippen LogP contribution >= 0.6 is 0 Å². The van der Waals surface area contributed by atoms with E-state index < -0.39 is 0 Å². The molecule has 158 valence electrons. The van der Waals surface area contributed by atoms with Crippen LogP contribution in [0.4, 0.5) is 5.82 Å². The van der Waals surface area contributed by atoms with E-state index in [1.807, 2.05) is 18.2 Å². The summed E-state index contributed by atoms with van der Waals surface area (Å²) >= 11 is 0. The highest BCUT2D eigenvalue weighted by atomic mass is 16.5. The number of fused-ring (bicyclic) bond motifs is 1. The standard InChI is InChI=1S/C21H22N8O2/c1-31-13-16-11-19(29-21(25-16)23-14-24-29)27-10-2-3-17(27)12-28-20(30)5-4-18(26-28)15-6-8-22-9-7-15/h4-9,11,14,17H,2-3,10,12-13H2,1H3. The third-order valence-electron chi connectivity index (χ3n) is 5.48. The van der Waals surface area contributed by atoms with Crippen LogP contribution in [-0.2, 0) is 17.9 Å². The first-order valence-electron chi connectivity index (χ1n) is 10.2. The largest absolute Gasteiger partial charge is 0.378 e. The monoisotopic (exact) mass is 418 g/mol. The van der Waals surface area contributed by atoms with Crippen molar-refractivity contribution in [2.45, 2.75) is 32.0 Å². The summed E-state index contributed by atoms with van der Waals surface area (Å²) < 4.78 is 8.55. The SMILES string of the molecule is COCc1cc(N2CCCC2Cn2nc(-c3ccncc3)ccc2=O)n2ncnc2n1. The molecule has 1 fully saturated rings. The van der Waals surface area contributed by atoms with Crippen molar-refractivity contribution < 1.29 is 4.74 Å². The Kier molecular flexibility index (Phi) is 5.13. The maximum Gasteiger partial charge on any atom is 0.266 e. The Balaban J connectivity index is 1.48. The average Bonchev–Trinajstić information content (AvgIpc) is 3.45. The number of aromatic nitrogens is 7. The van der Waals surface area contributed by atoms with E-state index >= 15 is 0 Å². The number of anilines is 1. The van der Waals surface area contributed by atoms with Crippen molar-refractivity contribution in [1.29, 1.82) is 0 Å². The first-order valence-corrected chi connectivity index (χ1v) is 10.2. The lowest BCUT2D eigenvalue weighted by atomic mass is 10.2. The fourth-order valence-electron chi connectivity index (χ4n) is 4.05. The fourth-order valence-corrected chi connectivity index (χ4v) is 4.05. The lowest BCUT2D eigenvalue weighted by Gasteiger charge is -2.27. The van der Waals surface area contributed by atoms with Crippen LogP contribution in [0.1, 0.15) is 18.5 Å². The minimum Gasteiger partial charge on any atom is -0.378 e. The Morgan fingerprint density at radius 1 is 1.19 bits per heavy atom. The minimum atomic E-state index is -0.120. The van der Waals surface area contributed by atoms with Gasteiger partial charge in [-0.3, -0.25) is 9.78 Å². The van der Waals surface area contributed by atoms with Crippen LogP contribution in [0.25, 0.3) is 17.0 Å². The van der Waals surface area contributed by atoms with Gasteiger partial charge in [-0.05, 0) is 31.0 Å². The number of nitrogens with zero attached hydrogens (tertiary/aromatic N) is 8. The highest BCUT2D eigenvalue weighted by Gasteiger charge is 2.28. The zero-order valence-electron chi connectivity index (χ0n) is 17.1. The summed E-state index contributed by atoms with van der Waals surface area (Å²) in [5.41, 5.74) is 2.34. The van der Waals surface area contributed by atoms with Crippen molar-refractivity contribution in [3.8, 4) is 11.3 Å². The van der Waals surface area contributed by atoms with Gasteiger partial charge in [0.15, 0.2) is 0 Å². The molecule has 10 nitrogen and oxygen atoms in total. The maximum atomic E-state index is 12.6. The van der Waals surface area contributed by atoms with Crippen LogP contribution in [0.15, 0.2) is 53.8 Å². The molecule has 10 heteroatoms. The molecule has 0 bridgehead atoms. The Labute approximate surface area is 178 Å². The summed E-state index contributed by atoms with van der Waals surface area (Å²) in [6.45, 7) is 1.73. The molecule has 31 heavy (non-hydrogen) atoms. The molecule has 1 atom stereocenters. The van der Waals surface area contributed by atoms with Gasteiger partial charge in [-0.2, -0.15) is 19.7 Å². The molecule has 1 unspecified atom stereocenters. The van der Waals surface area contributed by atoms with Gasteiger partial charge in [0.2, 0.25) is 0 Å². The lowest BCUT2D eigenvalue weighted by Crippen LogP contribution is -2.38. The van der Waals surface area contributed by atoms with Crippen molar-refractivity contribution >= 4 is 11.6 Å². The van der Waals surface area contributed by atoms with Crippen LogP contribution in [0.5, 0.6) is 0 Å². The zero-order valence-corrected chi connectivity index (χ0v) is 17.1. The Hall–Kier alpha value is -3.66. The summed E-state index contributed by atoms with van der Waals surface area (Å²) in [6, 6.07) is 9.17. The van der Waals surface area contributed by atoms with Crippen LogP contribution in [0, 0.1) is 0 Å². The van der Waals surface area contributed by atoms with Gasteiger partial charge >= 0.3 is 0 Å². The van der Waals surface area contributed by atoms with Crippen LogP contribution in [0.3, 0.4) is 0 Å². The molecule has 0 N–H and O–H groups in total. The molecule has 0 saturated carbocycles. The number of hydrogen-bond acceptors (Lipinski definition) is 8. The molecule has 4 aromatic heterocycles.